The molecule has 3 aliphatic rings. The second kappa shape index (κ2) is 10.4. The Morgan fingerprint density at radius 2 is 2.03 bits per heavy atom. The Labute approximate surface area is 215 Å². The van der Waals surface area contributed by atoms with E-state index in [-0.39, 0.29) is 23.2 Å². The van der Waals surface area contributed by atoms with Crippen LogP contribution in [0.25, 0.3) is 10.8 Å². The van der Waals surface area contributed by atoms with Crippen molar-refractivity contribution in [2.45, 2.75) is 82.3 Å². The van der Waals surface area contributed by atoms with Crippen molar-refractivity contribution in [2.75, 3.05) is 14.2 Å². The molecule has 0 aliphatic heterocycles. The number of rotatable bonds is 3. The van der Waals surface area contributed by atoms with Crippen LogP contribution in [-0.2, 0) is 9.47 Å². The number of hydrogen-bond acceptors (Lipinski definition) is 4. The number of hydrogen-bond donors (Lipinski definition) is 1. The molecule has 5 nitrogen and oxygen atoms in total. The number of alkyl carbamates (subject to hydrolysis) is 1. The molecule has 2 fully saturated rings. The Morgan fingerprint density at radius 1 is 1.14 bits per heavy atom. The first-order valence-electron chi connectivity index (χ1n) is 13.6. The minimum atomic E-state index is -0.356. The smallest absolute Gasteiger partial charge is 0.407 e. The van der Waals surface area contributed by atoms with Crippen LogP contribution in [-0.4, -0.2) is 36.9 Å². The molecule has 36 heavy (non-hydrogen) atoms. The molecule has 192 valence electrons. The summed E-state index contributed by atoms with van der Waals surface area (Å²) in [4.78, 5) is 16.2. The molecule has 5 rings (SSSR count). The maximum atomic E-state index is 11.9. The number of aromatic nitrogens is 1. The third-order valence-corrected chi connectivity index (χ3v) is 9.47. The molecule has 1 N–H and O–H groups in total. The second-order valence-corrected chi connectivity index (χ2v) is 11.2. The molecule has 1 aromatic carbocycles. The fraction of sp³-hybridized carbons (Fsp3) is 0.548. The van der Waals surface area contributed by atoms with Gasteiger partial charge in [-0.25, -0.2) is 4.79 Å². The summed E-state index contributed by atoms with van der Waals surface area (Å²) >= 11 is 0. The molecular weight excluding hydrogens is 448 g/mol. The molecule has 5 atom stereocenters. The van der Waals surface area contributed by atoms with Crippen LogP contribution in [0.2, 0.25) is 0 Å². The van der Waals surface area contributed by atoms with E-state index < -0.39 is 0 Å². The molecule has 0 radical (unpaired) electrons. The molecule has 3 aliphatic carbocycles. The van der Waals surface area contributed by atoms with Gasteiger partial charge in [-0.2, -0.15) is 0 Å². The zero-order chi connectivity index (χ0) is 25.2. The number of pyridine rings is 1. The maximum Gasteiger partial charge on any atom is 0.407 e. The summed E-state index contributed by atoms with van der Waals surface area (Å²) < 4.78 is 11.9. The highest BCUT2D eigenvalue weighted by Crippen LogP contribution is 2.57. The first-order valence-corrected chi connectivity index (χ1v) is 13.6. The largest absolute Gasteiger partial charge is 0.446 e. The van der Waals surface area contributed by atoms with Crippen molar-refractivity contribution in [3.63, 3.8) is 0 Å². The van der Waals surface area contributed by atoms with Crippen molar-refractivity contribution in [3.05, 3.63) is 66.0 Å². The lowest BCUT2D eigenvalue weighted by atomic mass is 9.67. The number of nitrogens with zero attached hydrogens (tertiary/aromatic N) is 1. The van der Waals surface area contributed by atoms with Crippen molar-refractivity contribution in [1.82, 2.24) is 10.3 Å². The van der Waals surface area contributed by atoms with Gasteiger partial charge in [0.05, 0.1) is 5.60 Å². The van der Waals surface area contributed by atoms with Gasteiger partial charge < -0.3 is 14.8 Å². The topological polar surface area (TPSA) is 60.5 Å². The lowest BCUT2D eigenvalue weighted by Crippen LogP contribution is -2.44. The normalized spacial score (nSPS) is 35.0. The quantitative estimate of drug-likeness (QED) is 0.501. The Morgan fingerprint density at radius 3 is 2.86 bits per heavy atom. The second-order valence-electron chi connectivity index (χ2n) is 11.2. The van der Waals surface area contributed by atoms with E-state index in [9.17, 15) is 4.79 Å². The van der Waals surface area contributed by atoms with Crippen molar-refractivity contribution in [2.24, 2.45) is 11.3 Å². The predicted molar refractivity (Wildman–Crippen MR) is 144 cm³/mol. The molecule has 0 saturated heterocycles. The van der Waals surface area contributed by atoms with Gasteiger partial charge in [0.25, 0.3) is 0 Å². The van der Waals surface area contributed by atoms with E-state index in [2.05, 4.69) is 59.7 Å². The molecule has 0 bridgehead atoms. The average molecular weight is 489 g/mol. The highest BCUT2D eigenvalue weighted by molar-refractivity contribution is 5.82. The summed E-state index contributed by atoms with van der Waals surface area (Å²) in [5.74, 6) is 1.22. The van der Waals surface area contributed by atoms with Crippen LogP contribution >= 0.6 is 0 Å². The molecule has 5 heteroatoms. The number of methoxy groups -OCH3 is 1. The number of nitrogens with one attached hydrogen (secondary N) is 1. The van der Waals surface area contributed by atoms with E-state index in [1.54, 1.807) is 7.05 Å². The molecule has 0 spiro atoms. The average Bonchev–Trinajstić information content (AvgIpc) is 3.21. The fourth-order valence-electron chi connectivity index (χ4n) is 7.37. The van der Waals surface area contributed by atoms with Gasteiger partial charge in [0, 0.05) is 38.4 Å². The number of amides is 1. The Hall–Kier alpha value is -2.66. The van der Waals surface area contributed by atoms with Crippen molar-refractivity contribution in [1.29, 1.82) is 0 Å². The van der Waals surface area contributed by atoms with E-state index in [4.69, 9.17) is 9.47 Å². The fourth-order valence-corrected chi connectivity index (χ4v) is 7.37. The molecule has 2 saturated carbocycles. The zero-order valence-corrected chi connectivity index (χ0v) is 22.0. The van der Waals surface area contributed by atoms with Gasteiger partial charge in [0.15, 0.2) is 0 Å². The summed E-state index contributed by atoms with van der Waals surface area (Å²) in [6.45, 7) is 2.52. The van der Waals surface area contributed by atoms with E-state index >= 15 is 0 Å². The molecule has 1 aromatic heterocycles. The van der Waals surface area contributed by atoms with Crippen LogP contribution in [0.1, 0.15) is 76.2 Å². The number of carbonyl (C=O) groups is 1. The van der Waals surface area contributed by atoms with Gasteiger partial charge in [-0.15, -0.1) is 0 Å². The third kappa shape index (κ3) is 4.70. The van der Waals surface area contributed by atoms with Crippen LogP contribution in [0.15, 0.2) is 60.5 Å². The lowest BCUT2D eigenvalue weighted by Gasteiger charge is -2.42. The molecule has 2 aromatic rings. The molecule has 1 unspecified atom stereocenters. The lowest BCUT2D eigenvalue weighted by molar-refractivity contribution is -0.0497. The third-order valence-electron chi connectivity index (χ3n) is 9.47. The van der Waals surface area contributed by atoms with Gasteiger partial charge in [0.2, 0.25) is 0 Å². The van der Waals surface area contributed by atoms with E-state index in [1.165, 1.54) is 41.2 Å². The zero-order valence-electron chi connectivity index (χ0n) is 22.0. The van der Waals surface area contributed by atoms with Crippen molar-refractivity contribution in [3.8, 4) is 0 Å². The molecular formula is C31H40N2O3. The minimum absolute atomic E-state index is 0.111. The maximum absolute atomic E-state index is 11.9. The first kappa shape index (κ1) is 25.0. The Kier molecular flexibility index (Phi) is 7.21. The highest BCUT2D eigenvalue weighted by Gasteiger charge is 2.47. The van der Waals surface area contributed by atoms with Gasteiger partial charge in [-0.1, -0.05) is 37.3 Å². The number of benzene rings is 1. The van der Waals surface area contributed by atoms with Crippen molar-refractivity contribution < 1.29 is 14.3 Å². The predicted octanol–water partition coefficient (Wildman–Crippen LogP) is 7.09. The SMILES string of the molecule is CNC(=O)O[C@@H]1CC/C2=C/C=C/C[C@]3(C)C(c4ccc5ccncc5c4)CC[C@H]3CCC[C@@]2(OC)C1. The van der Waals surface area contributed by atoms with Crippen LogP contribution in [0.5, 0.6) is 0 Å². The van der Waals surface area contributed by atoms with Crippen LogP contribution < -0.4 is 5.32 Å². The van der Waals surface area contributed by atoms with Crippen molar-refractivity contribution >= 4 is 16.9 Å². The molecule has 1 amide bonds. The van der Waals surface area contributed by atoms with Gasteiger partial charge in [-0.05, 0) is 97.3 Å². The standard InChI is InChI=1S/C31H40N2O3/c1-30-16-5-4-7-26-11-13-27(36-29(34)32-2)20-31(26,35-3)17-6-8-25(30)12-14-28(30)23-10-9-22-15-18-33-21-24(22)19-23/h4-5,7,9-10,15,18-19,21,25,27-28H,6,8,11-14,16-17,20H2,1-3H3,(H,32,34)/b5-4+,26-7-/t25-,27-,28?,30+,31-/m1/s1. The van der Waals surface area contributed by atoms with Crippen LogP contribution in [0.3, 0.4) is 0 Å². The summed E-state index contributed by atoms with van der Waals surface area (Å²) in [5, 5.41) is 5.08. The minimum Gasteiger partial charge on any atom is -0.446 e. The van der Waals surface area contributed by atoms with Crippen LogP contribution in [0.4, 0.5) is 4.79 Å². The summed E-state index contributed by atoms with van der Waals surface area (Å²) in [6, 6.07) is 9.08. The number of fused-ring (bicyclic) bond motifs is 3. The van der Waals surface area contributed by atoms with Crippen LogP contribution in [0, 0.1) is 11.3 Å². The van der Waals surface area contributed by atoms with E-state index in [0.717, 1.165) is 38.5 Å². The van der Waals surface area contributed by atoms with Gasteiger partial charge in [0.1, 0.15) is 6.10 Å². The van der Waals surface area contributed by atoms with E-state index in [1.807, 2.05) is 19.5 Å². The number of ether oxygens (including phenoxy) is 2. The van der Waals surface area contributed by atoms with Gasteiger partial charge in [-0.3, -0.25) is 4.98 Å². The van der Waals surface area contributed by atoms with Gasteiger partial charge >= 0.3 is 6.09 Å². The Balaban J connectivity index is 1.38. The summed E-state index contributed by atoms with van der Waals surface area (Å²) in [7, 11) is 3.44. The molecule has 1 heterocycles. The highest BCUT2D eigenvalue weighted by atomic mass is 16.6. The monoisotopic (exact) mass is 488 g/mol. The van der Waals surface area contributed by atoms with E-state index in [0.29, 0.717) is 11.8 Å². The summed E-state index contributed by atoms with van der Waals surface area (Å²) in [6.07, 6.45) is 19.7. The number of allylic oxidation sites excluding steroid dienone is 3. The first-order chi connectivity index (χ1) is 17.5. The summed E-state index contributed by atoms with van der Waals surface area (Å²) in [5.41, 5.74) is 2.67. The number of carbonyl (C=O) groups excluding carboxylic acids is 1. The Bertz CT molecular complexity index is 1160.